The summed E-state index contributed by atoms with van der Waals surface area (Å²) in [4.78, 5) is 12.3. The lowest BCUT2D eigenvalue weighted by Crippen LogP contribution is -2.40. The average Bonchev–Trinajstić information content (AvgIpc) is 2.67. The van der Waals surface area contributed by atoms with Gasteiger partial charge in [0.05, 0.1) is 12.7 Å². The molecule has 1 unspecified atom stereocenters. The molecule has 1 heterocycles. The number of hydrogen-bond donors (Lipinski definition) is 2. The normalized spacial score (nSPS) is 19.6. The van der Waals surface area contributed by atoms with Crippen LogP contribution in [0.4, 0.5) is 0 Å². The molecule has 5 heteroatoms. The molecule has 1 amide bonds. The Hall–Kier alpha value is -1.26. The fourth-order valence-corrected chi connectivity index (χ4v) is 2.44. The van der Waals surface area contributed by atoms with Gasteiger partial charge in [-0.25, -0.2) is 0 Å². The fraction of sp³-hybridized carbons (Fsp3) is 0.500. The molecule has 0 saturated carbocycles. The third-order valence-electron chi connectivity index (χ3n) is 3.29. The van der Waals surface area contributed by atoms with Crippen LogP contribution in [0, 0.1) is 0 Å². The highest BCUT2D eigenvalue weighted by atomic mass is 35.5. The third-order valence-corrected chi connectivity index (χ3v) is 3.52. The van der Waals surface area contributed by atoms with Crippen LogP contribution in [0.5, 0.6) is 5.75 Å². The van der Waals surface area contributed by atoms with Gasteiger partial charge in [-0.05, 0) is 37.6 Å². The van der Waals surface area contributed by atoms with Crippen LogP contribution >= 0.6 is 11.6 Å². The molecule has 1 atom stereocenters. The van der Waals surface area contributed by atoms with Crippen molar-refractivity contribution in [2.45, 2.75) is 25.3 Å². The number of hydrogen-bond acceptors (Lipinski definition) is 3. The van der Waals surface area contributed by atoms with Crippen molar-refractivity contribution in [3.05, 3.63) is 28.8 Å². The van der Waals surface area contributed by atoms with Crippen LogP contribution in [0.25, 0.3) is 0 Å². The van der Waals surface area contributed by atoms with Gasteiger partial charge in [0.1, 0.15) is 5.75 Å². The zero-order valence-electron chi connectivity index (χ0n) is 11.0. The smallest absolute Gasteiger partial charge is 0.255 e. The number of carbonyl (C=O) groups excluding carboxylic acids is 1. The van der Waals surface area contributed by atoms with Crippen molar-refractivity contribution in [1.29, 1.82) is 0 Å². The number of halogens is 1. The van der Waals surface area contributed by atoms with Crippen LogP contribution < -0.4 is 15.4 Å². The molecule has 0 radical (unpaired) electrons. The Morgan fingerprint density at radius 2 is 2.32 bits per heavy atom. The van der Waals surface area contributed by atoms with Gasteiger partial charge in [-0.1, -0.05) is 18.0 Å². The molecule has 0 spiro atoms. The first kappa shape index (κ1) is 14.2. The second kappa shape index (κ2) is 6.78. The number of methoxy groups -OCH3 is 1. The summed E-state index contributed by atoms with van der Waals surface area (Å²) in [7, 11) is 1.55. The van der Waals surface area contributed by atoms with E-state index in [0.717, 1.165) is 32.4 Å². The molecule has 104 valence electrons. The van der Waals surface area contributed by atoms with E-state index in [9.17, 15) is 4.79 Å². The van der Waals surface area contributed by atoms with Crippen LogP contribution in [0.1, 0.15) is 29.6 Å². The average molecular weight is 283 g/mol. The number of amides is 1. The molecule has 1 fully saturated rings. The zero-order valence-corrected chi connectivity index (χ0v) is 11.8. The van der Waals surface area contributed by atoms with Gasteiger partial charge in [0.15, 0.2) is 0 Å². The minimum Gasteiger partial charge on any atom is -0.496 e. The monoisotopic (exact) mass is 282 g/mol. The second-order valence-corrected chi connectivity index (χ2v) is 5.15. The van der Waals surface area contributed by atoms with E-state index in [1.165, 1.54) is 0 Å². The lowest BCUT2D eigenvalue weighted by molar-refractivity contribution is 0.0932. The van der Waals surface area contributed by atoms with Crippen molar-refractivity contribution in [3.8, 4) is 5.75 Å². The Morgan fingerprint density at radius 1 is 1.47 bits per heavy atom. The first-order valence-electron chi connectivity index (χ1n) is 6.56. The van der Waals surface area contributed by atoms with Crippen LogP contribution in [0.3, 0.4) is 0 Å². The summed E-state index contributed by atoms with van der Waals surface area (Å²) in [5.74, 6) is 0.413. The third kappa shape index (κ3) is 3.85. The molecule has 0 aliphatic carbocycles. The standard InChI is InChI=1S/C14H19ClN2O2/c1-19-13-6-5-10(15)8-12(13)14(18)17-11-4-2-3-7-16-9-11/h5-6,8,11,16H,2-4,7,9H2,1H3,(H,17,18). The topological polar surface area (TPSA) is 50.4 Å². The second-order valence-electron chi connectivity index (χ2n) is 4.71. The summed E-state index contributed by atoms with van der Waals surface area (Å²) in [6.45, 7) is 1.83. The van der Waals surface area contributed by atoms with E-state index in [4.69, 9.17) is 16.3 Å². The van der Waals surface area contributed by atoms with Gasteiger partial charge in [0.25, 0.3) is 5.91 Å². The molecule has 2 N–H and O–H groups in total. The fourth-order valence-electron chi connectivity index (χ4n) is 2.26. The summed E-state index contributed by atoms with van der Waals surface area (Å²) in [5, 5.41) is 6.89. The van der Waals surface area contributed by atoms with Crippen molar-refractivity contribution in [2.24, 2.45) is 0 Å². The van der Waals surface area contributed by atoms with Crippen molar-refractivity contribution < 1.29 is 9.53 Å². The number of carbonyl (C=O) groups is 1. The van der Waals surface area contributed by atoms with Gasteiger partial charge in [-0.3, -0.25) is 4.79 Å². The lowest BCUT2D eigenvalue weighted by atomic mass is 10.1. The van der Waals surface area contributed by atoms with E-state index >= 15 is 0 Å². The molecule has 0 bridgehead atoms. The molecule has 1 saturated heterocycles. The van der Waals surface area contributed by atoms with Gasteiger partial charge >= 0.3 is 0 Å². The Labute approximate surface area is 118 Å². The van der Waals surface area contributed by atoms with Crippen LogP contribution in [0.2, 0.25) is 5.02 Å². The Bertz CT molecular complexity index is 443. The predicted octanol–water partition coefficient (Wildman–Crippen LogP) is 2.22. The maximum Gasteiger partial charge on any atom is 0.255 e. The van der Waals surface area contributed by atoms with Crippen molar-refractivity contribution in [3.63, 3.8) is 0 Å². The van der Waals surface area contributed by atoms with Gasteiger partial charge in [0, 0.05) is 17.6 Å². The summed E-state index contributed by atoms with van der Waals surface area (Å²) in [6.07, 6.45) is 3.29. The SMILES string of the molecule is COc1ccc(Cl)cc1C(=O)NC1CCCCNC1. The molecular formula is C14H19ClN2O2. The first-order valence-corrected chi connectivity index (χ1v) is 6.93. The van der Waals surface area contributed by atoms with Gasteiger partial charge < -0.3 is 15.4 Å². The summed E-state index contributed by atoms with van der Waals surface area (Å²) < 4.78 is 5.20. The first-order chi connectivity index (χ1) is 9.20. The van der Waals surface area contributed by atoms with E-state index in [1.54, 1.807) is 25.3 Å². The molecule has 0 aromatic heterocycles. The van der Waals surface area contributed by atoms with E-state index in [-0.39, 0.29) is 11.9 Å². The van der Waals surface area contributed by atoms with E-state index in [2.05, 4.69) is 10.6 Å². The summed E-state index contributed by atoms with van der Waals surface area (Å²) >= 11 is 5.94. The Morgan fingerprint density at radius 3 is 3.11 bits per heavy atom. The minimum atomic E-state index is -0.131. The molecule has 1 aromatic rings. The quantitative estimate of drug-likeness (QED) is 0.894. The lowest BCUT2D eigenvalue weighted by Gasteiger charge is -2.17. The number of benzene rings is 1. The Kier molecular flexibility index (Phi) is 5.05. The highest BCUT2D eigenvalue weighted by Gasteiger charge is 2.18. The predicted molar refractivity (Wildman–Crippen MR) is 76.0 cm³/mol. The van der Waals surface area contributed by atoms with Crippen molar-refractivity contribution in [2.75, 3.05) is 20.2 Å². The number of rotatable bonds is 3. The zero-order chi connectivity index (χ0) is 13.7. The minimum absolute atomic E-state index is 0.131. The highest BCUT2D eigenvalue weighted by Crippen LogP contribution is 2.22. The number of ether oxygens (including phenoxy) is 1. The molecule has 19 heavy (non-hydrogen) atoms. The van der Waals surface area contributed by atoms with Crippen molar-refractivity contribution in [1.82, 2.24) is 10.6 Å². The summed E-state index contributed by atoms with van der Waals surface area (Å²) in [5.41, 5.74) is 0.485. The molecule has 2 rings (SSSR count). The molecule has 4 nitrogen and oxygen atoms in total. The molecule has 1 aliphatic rings. The van der Waals surface area contributed by atoms with E-state index < -0.39 is 0 Å². The maximum absolute atomic E-state index is 12.3. The van der Waals surface area contributed by atoms with Crippen LogP contribution in [-0.2, 0) is 0 Å². The largest absolute Gasteiger partial charge is 0.496 e. The Balaban J connectivity index is 2.08. The van der Waals surface area contributed by atoms with Crippen LogP contribution in [0.15, 0.2) is 18.2 Å². The molecular weight excluding hydrogens is 264 g/mol. The van der Waals surface area contributed by atoms with Gasteiger partial charge in [-0.2, -0.15) is 0 Å². The van der Waals surface area contributed by atoms with E-state index in [1.807, 2.05) is 0 Å². The van der Waals surface area contributed by atoms with Gasteiger partial charge in [0.2, 0.25) is 0 Å². The highest BCUT2D eigenvalue weighted by molar-refractivity contribution is 6.31. The van der Waals surface area contributed by atoms with Crippen molar-refractivity contribution >= 4 is 17.5 Å². The molecule has 1 aromatic carbocycles. The number of nitrogens with one attached hydrogen (secondary N) is 2. The molecule has 1 aliphatic heterocycles. The summed E-state index contributed by atoms with van der Waals surface area (Å²) in [6, 6.07) is 5.23. The van der Waals surface area contributed by atoms with Gasteiger partial charge in [-0.15, -0.1) is 0 Å². The van der Waals surface area contributed by atoms with E-state index in [0.29, 0.717) is 16.3 Å². The van der Waals surface area contributed by atoms with Crippen LogP contribution in [-0.4, -0.2) is 32.1 Å². The maximum atomic E-state index is 12.3.